The fourth-order valence-electron chi connectivity index (χ4n) is 7.24. The summed E-state index contributed by atoms with van der Waals surface area (Å²) >= 11 is 5.44. The predicted octanol–water partition coefficient (Wildman–Crippen LogP) is 14.1. The maximum atomic E-state index is 6.40. The van der Waals surface area contributed by atoms with E-state index >= 15 is 0 Å². The third kappa shape index (κ3) is 4.21. The monoisotopic (exact) mass is 680 g/mol. The summed E-state index contributed by atoms with van der Waals surface area (Å²) in [7, 11) is 0. The van der Waals surface area contributed by atoms with Crippen LogP contribution in [-0.2, 0) is 0 Å². The molecule has 0 aliphatic heterocycles. The molecule has 230 valence electrons. The van der Waals surface area contributed by atoms with Crippen molar-refractivity contribution in [2.75, 3.05) is 4.90 Å². The number of anilines is 3. The number of benzene rings is 7. The molecule has 0 spiro atoms. The van der Waals surface area contributed by atoms with Crippen LogP contribution in [0.5, 0.6) is 0 Å². The van der Waals surface area contributed by atoms with Gasteiger partial charge in [0.25, 0.3) is 0 Å². The molecular formula is C43H24N2OS3. The van der Waals surface area contributed by atoms with E-state index in [9.17, 15) is 0 Å². The molecular weight excluding hydrogens is 657 g/mol. The molecule has 0 aliphatic carbocycles. The van der Waals surface area contributed by atoms with Crippen LogP contribution in [0.3, 0.4) is 0 Å². The summed E-state index contributed by atoms with van der Waals surface area (Å²) in [5, 5.41) is 8.32. The van der Waals surface area contributed by atoms with Crippen LogP contribution in [0.15, 0.2) is 150 Å². The highest BCUT2D eigenvalue weighted by molar-refractivity contribution is 7.26. The van der Waals surface area contributed by atoms with Crippen LogP contribution in [0.4, 0.5) is 17.1 Å². The van der Waals surface area contributed by atoms with E-state index in [2.05, 4.69) is 138 Å². The van der Waals surface area contributed by atoms with E-state index in [0.717, 1.165) is 55.1 Å². The Balaban J connectivity index is 1.16. The molecule has 11 aromatic rings. The number of fused-ring (bicyclic) bond motifs is 11. The molecule has 0 aliphatic rings. The molecule has 0 unspecified atom stereocenters. The highest BCUT2D eigenvalue weighted by Crippen LogP contribution is 2.46. The fraction of sp³-hybridized carbons (Fsp3) is 0. The number of aromatic nitrogens is 1. The molecule has 11 rings (SSSR count). The number of para-hydroxylation sites is 1. The van der Waals surface area contributed by atoms with Gasteiger partial charge in [-0.1, -0.05) is 66.7 Å². The summed E-state index contributed by atoms with van der Waals surface area (Å²) < 4.78 is 12.7. The van der Waals surface area contributed by atoms with Gasteiger partial charge in [0.05, 0.1) is 10.2 Å². The highest BCUT2D eigenvalue weighted by atomic mass is 32.1. The molecule has 0 radical (unpaired) electrons. The largest absolute Gasteiger partial charge is 0.456 e. The van der Waals surface area contributed by atoms with E-state index < -0.39 is 0 Å². The zero-order chi connectivity index (χ0) is 32.1. The van der Waals surface area contributed by atoms with Gasteiger partial charge in [-0.25, -0.2) is 4.98 Å². The van der Waals surface area contributed by atoms with Gasteiger partial charge in [0.1, 0.15) is 16.2 Å². The third-order valence-electron chi connectivity index (χ3n) is 9.49. The lowest BCUT2D eigenvalue weighted by molar-refractivity contribution is 0.669. The van der Waals surface area contributed by atoms with Gasteiger partial charge >= 0.3 is 0 Å². The number of hydrogen-bond acceptors (Lipinski definition) is 6. The van der Waals surface area contributed by atoms with E-state index in [4.69, 9.17) is 9.40 Å². The van der Waals surface area contributed by atoms with Crippen molar-refractivity contribution < 1.29 is 4.42 Å². The van der Waals surface area contributed by atoms with Crippen molar-refractivity contribution in [3.05, 3.63) is 146 Å². The first-order valence-electron chi connectivity index (χ1n) is 16.2. The Kier molecular flexibility index (Phi) is 5.87. The van der Waals surface area contributed by atoms with Crippen LogP contribution in [0.1, 0.15) is 0 Å². The van der Waals surface area contributed by atoms with Gasteiger partial charge in [-0.05, 0) is 72.8 Å². The number of hydrogen-bond donors (Lipinski definition) is 0. The number of thiophene rings is 2. The molecule has 49 heavy (non-hydrogen) atoms. The zero-order valence-corrected chi connectivity index (χ0v) is 28.3. The first-order valence-corrected chi connectivity index (χ1v) is 18.6. The smallest absolute Gasteiger partial charge is 0.137 e. The van der Waals surface area contributed by atoms with Crippen molar-refractivity contribution in [3.63, 3.8) is 0 Å². The summed E-state index contributed by atoms with van der Waals surface area (Å²) in [4.78, 5) is 7.61. The van der Waals surface area contributed by atoms with Crippen LogP contribution in [0.2, 0.25) is 0 Å². The lowest BCUT2D eigenvalue weighted by atomic mass is 10.1. The second-order valence-corrected chi connectivity index (χ2v) is 15.5. The lowest BCUT2D eigenvalue weighted by Gasteiger charge is -2.26. The average Bonchev–Trinajstić information content (AvgIpc) is 3.92. The molecule has 0 saturated carbocycles. The van der Waals surface area contributed by atoms with Gasteiger partial charge in [-0.2, -0.15) is 0 Å². The normalized spacial score (nSPS) is 12.1. The predicted molar refractivity (Wildman–Crippen MR) is 213 cm³/mol. The Morgan fingerprint density at radius 3 is 1.92 bits per heavy atom. The molecule has 7 aromatic carbocycles. The van der Waals surface area contributed by atoms with Crippen LogP contribution in [0.25, 0.3) is 83.1 Å². The van der Waals surface area contributed by atoms with Gasteiger partial charge in [0, 0.05) is 79.8 Å². The molecule has 3 nitrogen and oxygen atoms in total. The van der Waals surface area contributed by atoms with Crippen LogP contribution in [-0.4, -0.2) is 4.98 Å². The van der Waals surface area contributed by atoms with E-state index in [1.54, 1.807) is 11.3 Å². The second-order valence-electron chi connectivity index (χ2n) is 12.3. The van der Waals surface area contributed by atoms with Crippen molar-refractivity contribution in [3.8, 4) is 10.6 Å². The van der Waals surface area contributed by atoms with Crippen molar-refractivity contribution >= 4 is 124 Å². The maximum Gasteiger partial charge on any atom is 0.137 e. The molecule has 4 aromatic heterocycles. The number of furan rings is 1. The molecule has 0 fully saturated rings. The van der Waals surface area contributed by atoms with E-state index in [1.807, 2.05) is 34.8 Å². The summed E-state index contributed by atoms with van der Waals surface area (Å²) in [6.45, 7) is 0. The van der Waals surface area contributed by atoms with Gasteiger partial charge in [-0.15, -0.1) is 34.0 Å². The lowest BCUT2D eigenvalue weighted by Crippen LogP contribution is -2.09. The Morgan fingerprint density at radius 2 is 1.04 bits per heavy atom. The molecule has 4 heterocycles. The number of thiazole rings is 1. The second kappa shape index (κ2) is 10.5. The van der Waals surface area contributed by atoms with Crippen LogP contribution < -0.4 is 4.90 Å². The van der Waals surface area contributed by atoms with Crippen molar-refractivity contribution in [1.82, 2.24) is 4.98 Å². The van der Waals surface area contributed by atoms with E-state index in [0.29, 0.717) is 0 Å². The highest BCUT2D eigenvalue weighted by Gasteiger charge is 2.20. The van der Waals surface area contributed by atoms with E-state index in [-0.39, 0.29) is 0 Å². The molecule has 0 atom stereocenters. The first-order chi connectivity index (χ1) is 24.2. The first kappa shape index (κ1) is 27.4. The molecule has 0 amide bonds. The Bertz CT molecular complexity index is 3070. The average molecular weight is 681 g/mol. The minimum absolute atomic E-state index is 0.880. The molecule has 0 bridgehead atoms. The third-order valence-corrected chi connectivity index (χ3v) is 12.9. The molecule has 0 N–H and O–H groups in total. The summed E-state index contributed by atoms with van der Waals surface area (Å²) in [6, 6.07) is 52.3. The van der Waals surface area contributed by atoms with Crippen LogP contribution in [0, 0.1) is 0 Å². The Hall–Kier alpha value is -5.53. The van der Waals surface area contributed by atoms with Crippen molar-refractivity contribution in [2.24, 2.45) is 0 Å². The van der Waals surface area contributed by atoms with E-state index in [1.165, 1.54) is 45.0 Å². The summed E-state index contributed by atoms with van der Waals surface area (Å²) in [5.41, 5.74) is 7.26. The number of rotatable bonds is 4. The van der Waals surface area contributed by atoms with Gasteiger partial charge in [-0.3, -0.25) is 0 Å². The van der Waals surface area contributed by atoms with Crippen molar-refractivity contribution in [2.45, 2.75) is 0 Å². The Morgan fingerprint density at radius 1 is 0.429 bits per heavy atom. The minimum atomic E-state index is 0.880. The minimum Gasteiger partial charge on any atom is -0.456 e. The molecule has 6 heteroatoms. The topological polar surface area (TPSA) is 29.3 Å². The SMILES string of the molecule is c1ccc(-c2nc3c(ccc4sc5ccc(N(c6ccc7c(c6)oc6ccccc67)c6ccc7sc8ccccc8c7c6)cc5c43)s2)cc1. The maximum absolute atomic E-state index is 6.40. The van der Waals surface area contributed by atoms with Crippen LogP contribution >= 0.6 is 34.0 Å². The van der Waals surface area contributed by atoms with Gasteiger partial charge in [0.15, 0.2) is 0 Å². The summed E-state index contributed by atoms with van der Waals surface area (Å²) in [6.07, 6.45) is 0. The van der Waals surface area contributed by atoms with Crippen molar-refractivity contribution in [1.29, 1.82) is 0 Å². The van der Waals surface area contributed by atoms with Gasteiger partial charge in [0.2, 0.25) is 0 Å². The quantitative estimate of drug-likeness (QED) is 0.185. The van der Waals surface area contributed by atoms with Gasteiger partial charge < -0.3 is 9.32 Å². The zero-order valence-electron chi connectivity index (χ0n) is 25.9. The standard InChI is InChI=1S/C43H24N2OS3/c1-2-8-25(9-3-1)43-44-42-40(49-43)21-20-39-41(42)33-23-27(16-19-38(33)48-39)45(26-15-18-37-32(22-26)31-11-5-7-13-36(31)47-37)28-14-17-30-29-10-4-6-12-34(29)46-35(30)24-28/h1-24H. The molecule has 0 saturated heterocycles. The fourth-order valence-corrected chi connectivity index (χ4v) is 10.4. The summed E-state index contributed by atoms with van der Waals surface area (Å²) in [5.74, 6) is 0. The number of nitrogens with zero attached hydrogens (tertiary/aromatic N) is 2. The Labute approximate surface area is 292 Å².